The second-order valence-corrected chi connectivity index (χ2v) is 6.47. The fourth-order valence-corrected chi connectivity index (χ4v) is 3.33. The number of hydrogen-bond acceptors (Lipinski definition) is 2. The van der Waals surface area contributed by atoms with Gasteiger partial charge in [-0.2, -0.15) is 0 Å². The quantitative estimate of drug-likeness (QED) is 0.823. The van der Waals surface area contributed by atoms with Crippen LogP contribution in [0.2, 0.25) is 0 Å². The molecule has 0 saturated heterocycles. The van der Waals surface area contributed by atoms with E-state index in [1.54, 1.807) is 0 Å². The molecule has 1 saturated carbocycles. The summed E-state index contributed by atoms with van der Waals surface area (Å²) in [5.41, 5.74) is 2.79. The van der Waals surface area contributed by atoms with Crippen LogP contribution in [0.4, 0.5) is 0 Å². The molecule has 0 heterocycles. The monoisotopic (exact) mass is 275 g/mol. The summed E-state index contributed by atoms with van der Waals surface area (Å²) in [6.07, 6.45) is 7.29. The first-order chi connectivity index (χ1) is 9.69. The van der Waals surface area contributed by atoms with Crippen LogP contribution < -0.4 is 5.32 Å². The zero-order chi connectivity index (χ0) is 14.4. The van der Waals surface area contributed by atoms with Crippen molar-refractivity contribution in [3.63, 3.8) is 0 Å². The SMILES string of the molecule is CCC(NCC1(CO)CCCCC1)c1ccc(C)cc1. The van der Waals surface area contributed by atoms with E-state index in [2.05, 4.69) is 43.4 Å². The first-order valence-corrected chi connectivity index (χ1v) is 8.10. The molecule has 0 aromatic heterocycles. The fraction of sp³-hybridized carbons (Fsp3) is 0.667. The Morgan fingerprint density at radius 1 is 1.15 bits per heavy atom. The Kier molecular flexibility index (Phi) is 5.62. The van der Waals surface area contributed by atoms with Crippen LogP contribution in [0.1, 0.15) is 62.6 Å². The highest BCUT2D eigenvalue weighted by Crippen LogP contribution is 2.35. The van der Waals surface area contributed by atoms with Gasteiger partial charge in [-0.25, -0.2) is 0 Å². The average molecular weight is 275 g/mol. The van der Waals surface area contributed by atoms with Crippen LogP contribution in [0, 0.1) is 12.3 Å². The highest BCUT2D eigenvalue weighted by Gasteiger charge is 2.31. The van der Waals surface area contributed by atoms with E-state index in [1.165, 1.54) is 43.2 Å². The Balaban J connectivity index is 1.97. The molecule has 1 aromatic rings. The van der Waals surface area contributed by atoms with E-state index >= 15 is 0 Å². The van der Waals surface area contributed by atoms with E-state index in [-0.39, 0.29) is 5.41 Å². The number of aryl methyl sites for hydroxylation is 1. The normalized spacial score (nSPS) is 19.8. The van der Waals surface area contributed by atoms with Gasteiger partial charge < -0.3 is 10.4 Å². The van der Waals surface area contributed by atoms with Crippen LogP contribution in [-0.2, 0) is 0 Å². The summed E-state index contributed by atoms with van der Waals surface area (Å²) < 4.78 is 0. The molecule has 1 unspecified atom stereocenters. The number of nitrogens with one attached hydrogen (secondary N) is 1. The molecular weight excluding hydrogens is 246 g/mol. The van der Waals surface area contributed by atoms with Gasteiger partial charge in [0.15, 0.2) is 0 Å². The zero-order valence-corrected chi connectivity index (χ0v) is 13.0. The van der Waals surface area contributed by atoms with Gasteiger partial charge in [0.05, 0.1) is 0 Å². The molecule has 0 aliphatic heterocycles. The van der Waals surface area contributed by atoms with Crippen molar-refractivity contribution in [1.82, 2.24) is 5.32 Å². The minimum Gasteiger partial charge on any atom is -0.396 e. The fourth-order valence-electron chi connectivity index (χ4n) is 3.33. The molecule has 1 aliphatic carbocycles. The molecule has 2 N–H and O–H groups in total. The number of benzene rings is 1. The Bertz CT molecular complexity index is 392. The Hall–Kier alpha value is -0.860. The standard InChI is InChI=1S/C18H29NO/c1-3-17(16-9-7-15(2)8-10-16)19-13-18(14-20)11-5-4-6-12-18/h7-10,17,19-20H,3-6,11-14H2,1-2H3. The Labute approximate surface area is 123 Å². The second kappa shape index (κ2) is 7.24. The van der Waals surface area contributed by atoms with Crippen LogP contribution in [0.3, 0.4) is 0 Å². The number of rotatable bonds is 6. The summed E-state index contributed by atoms with van der Waals surface area (Å²) >= 11 is 0. The lowest BCUT2D eigenvalue weighted by Crippen LogP contribution is -2.40. The first-order valence-electron chi connectivity index (χ1n) is 8.10. The van der Waals surface area contributed by atoms with Gasteiger partial charge in [-0.05, 0) is 31.7 Å². The first kappa shape index (κ1) is 15.5. The summed E-state index contributed by atoms with van der Waals surface area (Å²) in [6.45, 7) is 5.62. The number of aliphatic hydroxyl groups is 1. The van der Waals surface area contributed by atoms with Gasteiger partial charge in [-0.3, -0.25) is 0 Å². The molecule has 1 atom stereocenters. The molecule has 1 fully saturated rings. The smallest absolute Gasteiger partial charge is 0.0499 e. The van der Waals surface area contributed by atoms with Crippen molar-refractivity contribution in [3.05, 3.63) is 35.4 Å². The minimum absolute atomic E-state index is 0.121. The van der Waals surface area contributed by atoms with Crippen molar-refractivity contribution in [3.8, 4) is 0 Å². The molecular formula is C18H29NO. The van der Waals surface area contributed by atoms with E-state index in [0.717, 1.165) is 13.0 Å². The van der Waals surface area contributed by atoms with Crippen molar-refractivity contribution in [2.24, 2.45) is 5.41 Å². The third kappa shape index (κ3) is 3.83. The summed E-state index contributed by atoms with van der Waals surface area (Å²) in [5, 5.41) is 13.5. The van der Waals surface area contributed by atoms with E-state index in [0.29, 0.717) is 12.6 Å². The number of aliphatic hydroxyl groups excluding tert-OH is 1. The number of hydrogen-bond donors (Lipinski definition) is 2. The predicted molar refractivity (Wildman–Crippen MR) is 84.8 cm³/mol. The maximum Gasteiger partial charge on any atom is 0.0499 e. The molecule has 0 amide bonds. The third-order valence-corrected chi connectivity index (χ3v) is 4.86. The zero-order valence-electron chi connectivity index (χ0n) is 13.0. The minimum atomic E-state index is 0.121. The van der Waals surface area contributed by atoms with Gasteiger partial charge in [0.1, 0.15) is 0 Å². The molecule has 1 aromatic carbocycles. The lowest BCUT2D eigenvalue weighted by Gasteiger charge is -2.37. The predicted octanol–water partition coefficient (Wildman–Crippen LogP) is 3.98. The average Bonchev–Trinajstić information content (AvgIpc) is 2.50. The van der Waals surface area contributed by atoms with Crippen LogP contribution in [0.5, 0.6) is 0 Å². The Morgan fingerprint density at radius 2 is 1.80 bits per heavy atom. The topological polar surface area (TPSA) is 32.3 Å². The van der Waals surface area contributed by atoms with Gasteiger partial charge in [0, 0.05) is 24.6 Å². The molecule has 1 aliphatic rings. The van der Waals surface area contributed by atoms with Crippen LogP contribution in [0.25, 0.3) is 0 Å². The lowest BCUT2D eigenvalue weighted by molar-refractivity contribution is 0.0781. The maximum absolute atomic E-state index is 9.79. The third-order valence-electron chi connectivity index (χ3n) is 4.86. The van der Waals surface area contributed by atoms with Crippen LogP contribution >= 0.6 is 0 Å². The van der Waals surface area contributed by atoms with Crippen molar-refractivity contribution >= 4 is 0 Å². The van der Waals surface area contributed by atoms with Gasteiger partial charge in [0.25, 0.3) is 0 Å². The van der Waals surface area contributed by atoms with Crippen molar-refractivity contribution in [2.45, 2.75) is 58.4 Å². The van der Waals surface area contributed by atoms with Gasteiger partial charge in [0.2, 0.25) is 0 Å². The van der Waals surface area contributed by atoms with Gasteiger partial charge >= 0.3 is 0 Å². The molecule has 112 valence electrons. The molecule has 0 spiro atoms. The van der Waals surface area contributed by atoms with Crippen molar-refractivity contribution < 1.29 is 5.11 Å². The maximum atomic E-state index is 9.79. The highest BCUT2D eigenvalue weighted by molar-refractivity contribution is 5.24. The lowest BCUT2D eigenvalue weighted by atomic mass is 9.74. The van der Waals surface area contributed by atoms with Crippen molar-refractivity contribution in [1.29, 1.82) is 0 Å². The Morgan fingerprint density at radius 3 is 2.35 bits per heavy atom. The van der Waals surface area contributed by atoms with E-state index < -0.39 is 0 Å². The van der Waals surface area contributed by atoms with Crippen LogP contribution in [-0.4, -0.2) is 18.3 Å². The summed E-state index contributed by atoms with van der Waals surface area (Å²) in [4.78, 5) is 0. The summed E-state index contributed by atoms with van der Waals surface area (Å²) in [5.74, 6) is 0. The molecule has 0 bridgehead atoms. The largest absolute Gasteiger partial charge is 0.396 e. The molecule has 2 rings (SSSR count). The summed E-state index contributed by atoms with van der Waals surface area (Å²) in [6, 6.07) is 9.22. The summed E-state index contributed by atoms with van der Waals surface area (Å²) in [7, 11) is 0. The molecule has 0 radical (unpaired) electrons. The van der Waals surface area contributed by atoms with Crippen molar-refractivity contribution in [2.75, 3.05) is 13.2 Å². The highest BCUT2D eigenvalue weighted by atomic mass is 16.3. The second-order valence-electron chi connectivity index (χ2n) is 6.47. The van der Waals surface area contributed by atoms with Gasteiger partial charge in [-0.1, -0.05) is 56.0 Å². The van der Waals surface area contributed by atoms with Gasteiger partial charge in [-0.15, -0.1) is 0 Å². The van der Waals surface area contributed by atoms with E-state index in [9.17, 15) is 5.11 Å². The molecule has 2 heteroatoms. The molecule has 20 heavy (non-hydrogen) atoms. The molecule has 2 nitrogen and oxygen atoms in total. The van der Waals surface area contributed by atoms with E-state index in [1.807, 2.05) is 0 Å². The van der Waals surface area contributed by atoms with E-state index in [4.69, 9.17) is 0 Å². The van der Waals surface area contributed by atoms with Crippen LogP contribution in [0.15, 0.2) is 24.3 Å².